The normalized spacial score (nSPS) is 19.3. The molecule has 0 aliphatic carbocycles. The van der Waals surface area contributed by atoms with Crippen molar-refractivity contribution in [2.75, 3.05) is 13.2 Å². The van der Waals surface area contributed by atoms with Crippen LogP contribution in [0.1, 0.15) is 46.2 Å². The first-order valence-corrected chi connectivity index (χ1v) is 12.0. The number of carbonyl (C=O) groups excluding carboxylic acids is 2. The van der Waals surface area contributed by atoms with Gasteiger partial charge in [-0.3, -0.25) is 9.59 Å². The molecule has 1 saturated heterocycles. The fraction of sp³-hybridized carbons (Fsp3) is 0.478. The van der Waals surface area contributed by atoms with Crippen molar-refractivity contribution in [3.8, 4) is 0 Å². The molecule has 1 aliphatic rings. The largest absolute Gasteiger partial charge is 0.456 e. The van der Waals surface area contributed by atoms with Gasteiger partial charge in [0.25, 0.3) is 0 Å². The van der Waals surface area contributed by atoms with Gasteiger partial charge < -0.3 is 14.4 Å². The van der Waals surface area contributed by atoms with E-state index < -0.39 is 34.7 Å². The minimum Gasteiger partial charge on any atom is -0.456 e. The minimum atomic E-state index is -4.02. The summed E-state index contributed by atoms with van der Waals surface area (Å²) in [5.74, 6) is -1.19. The average molecular weight is 463 g/mol. The number of rotatable bonds is 7. The number of hydrogen-bond donors (Lipinski definition) is 1. The predicted molar refractivity (Wildman–Crippen MR) is 119 cm³/mol. The Balaban J connectivity index is 1.76. The molecule has 174 valence electrons. The summed E-state index contributed by atoms with van der Waals surface area (Å²) in [6.07, 6.45) is -1.07. The molecule has 1 aromatic heterocycles. The maximum atomic E-state index is 13.2. The Hall–Kier alpha value is -2.49. The van der Waals surface area contributed by atoms with E-state index >= 15 is 0 Å². The number of aliphatic hydroxyl groups is 1. The highest BCUT2D eigenvalue weighted by molar-refractivity contribution is 7.89. The average Bonchev–Trinajstić information content (AvgIpc) is 3.27. The van der Waals surface area contributed by atoms with Crippen molar-refractivity contribution in [1.82, 2.24) is 8.87 Å². The number of β-amino-alcohol motifs (C(OH)–C–C–N with tert-alkyl or cyclic N) is 1. The first kappa shape index (κ1) is 24.2. The molecule has 1 N–H and O–H groups in total. The van der Waals surface area contributed by atoms with Gasteiger partial charge in [-0.15, -0.1) is 0 Å². The number of ether oxygens (including phenoxy) is 1. The SMILES string of the molecule is CCn1c(C)cc(C(=O)COC(=O)[C@@H]2CC(O)CN2S(=O)(=O)c2ccc(C)c(C)c2)c1C. The Kier molecular flexibility index (Phi) is 6.92. The lowest BCUT2D eigenvalue weighted by Crippen LogP contribution is -2.42. The van der Waals surface area contributed by atoms with Crippen LogP contribution < -0.4 is 0 Å². The zero-order valence-corrected chi connectivity index (χ0v) is 19.9. The van der Waals surface area contributed by atoms with Gasteiger partial charge in [0, 0.05) is 36.5 Å². The summed E-state index contributed by atoms with van der Waals surface area (Å²) in [7, 11) is -4.02. The number of aliphatic hydroxyl groups excluding tert-OH is 1. The summed E-state index contributed by atoms with van der Waals surface area (Å²) < 4.78 is 34.5. The molecule has 2 atom stereocenters. The Morgan fingerprint density at radius 2 is 1.81 bits per heavy atom. The summed E-state index contributed by atoms with van der Waals surface area (Å²) in [4.78, 5) is 25.4. The first-order chi connectivity index (χ1) is 15.0. The maximum Gasteiger partial charge on any atom is 0.325 e. The molecule has 1 fully saturated rings. The van der Waals surface area contributed by atoms with Crippen molar-refractivity contribution in [1.29, 1.82) is 0 Å². The van der Waals surface area contributed by atoms with Crippen molar-refractivity contribution in [3.05, 3.63) is 52.3 Å². The molecular weight excluding hydrogens is 432 g/mol. The molecule has 2 heterocycles. The number of benzene rings is 1. The van der Waals surface area contributed by atoms with Gasteiger partial charge in [0.1, 0.15) is 6.04 Å². The number of carbonyl (C=O) groups is 2. The molecule has 0 bridgehead atoms. The second-order valence-corrected chi connectivity index (χ2v) is 10.2. The lowest BCUT2D eigenvalue weighted by molar-refractivity contribution is -0.146. The first-order valence-electron chi connectivity index (χ1n) is 10.6. The van der Waals surface area contributed by atoms with Gasteiger partial charge in [-0.05, 0) is 63.9 Å². The number of esters is 1. The third-order valence-corrected chi connectivity index (χ3v) is 8.00. The van der Waals surface area contributed by atoms with Gasteiger partial charge >= 0.3 is 5.97 Å². The quantitative estimate of drug-likeness (QED) is 0.500. The number of sulfonamides is 1. The van der Waals surface area contributed by atoms with Gasteiger partial charge in [0.05, 0.1) is 11.0 Å². The smallest absolute Gasteiger partial charge is 0.325 e. The molecule has 9 heteroatoms. The molecule has 1 aliphatic heterocycles. The van der Waals surface area contributed by atoms with Crippen LogP contribution in [0.25, 0.3) is 0 Å². The van der Waals surface area contributed by atoms with Crippen LogP contribution in [-0.2, 0) is 26.1 Å². The standard InChI is InChI=1S/C23H30N2O6S/c1-6-24-16(4)10-20(17(24)5)22(27)13-31-23(28)21-11-18(26)12-25(21)32(29,30)19-8-7-14(2)15(3)9-19/h7-10,18,21,26H,6,11-13H2,1-5H3/t18?,21-/m0/s1. The highest BCUT2D eigenvalue weighted by atomic mass is 32.2. The molecule has 0 spiro atoms. The van der Waals surface area contributed by atoms with Crippen LogP contribution in [0.2, 0.25) is 0 Å². The van der Waals surface area contributed by atoms with Crippen molar-refractivity contribution in [2.24, 2.45) is 0 Å². The third-order valence-electron chi connectivity index (χ3n) is 6.13. The fourth-order valence-electron chi connectivity index (χ4n) is 4.15. The maximum absolute atomic E-state index is 13.2. The van der Waals surface area contributed by atoms with Crippen molar-refractivity contribution in [3.63, 3.8) is 0 Å². The van der Waals surface area contributed by atoms with Gasteiger partial charge in [0.15, 0.2) is 6.61 Å². The summed E-state index contributed by atoms with van der Waals surface area (Å²) in [5.41, 5.74) is 3.95. The van der Waals surface area contributed by atoms with Gasteiger partial charge in [-0.25, -0.2) is 8.42 Å². The van der Waals surface area contributed by atoms with E-state index in [0.717, 1.165) is 33.4 Å². The summed E-state index contributed by atoms with van der Waals surface area (Å²) in [6, 6.07) is 5.30. The number of aromatic nitrogens is 1. The lowest BCUT2D eigenvalue weighted by Gasteiger charge is -2.22. The molecule has 2 aromatic rings. The van der Waals surface area contributed by atoms with E-state index in [2.05, 4.69) is 0 Å². The molecular formula is C23H30N2O6S. The second-order valence-electron chi connectivity index (χ2n) is 8.29. The Morgan fingerprint density at radius 1 is 1.12 bits per heavy atom. The van der Waals surface area contributed by atoms with E-state index in [-0.39, 0.29) is 23.6 Å². The van der Waals surface area contributed by atoms with E-state index in [1.54, 1.807) is 25.1 Å². The predicted octanol–water partition coefficient (Wildman–Crippen LogP) is 2.29. The van der Waals surface area contributed by atoms with Crippen LogP contribution in [0.5, 0.6) is 0 Å². The van der Waals surface area contributed by atoms with Gasteiger partial charge in [0.2, 0.25) is 15.8 Å². The van der Waals surface area contributed by atoms with Gasteiger partial charge in [-0.1, -0.05) is 6.07 Å². The van der Waals surface area contributed by atoms with Crippen LogP contribution in [0.4, 0.5) is 0 Å². The number of ketones is 1. The van der Waals surface area contributed by atoms with E-state index in [9.17, 15) is 23.1 Å². The Labute approximate surface area is 188 Å². The second kappa shape index (κ2) is 9.17. The summed E-state index contributed by atoms with van der Waals surface area (Å²) >= 11 is 0. The van der Waals surface area contributed by atoms with E-state index in [1.165, 1.54) is 6.07 Å². The molecule has 1 aromatic carbocycles. The van der Waals surface area contributed by atoms with Crippen LogP contribution in [0, 0.1) is 27.7 Å². The highest BCUT2D eigenvalue weighted by Gasteiger charge is 2.44. The molecule has 0 saturated carbocycles. The topological polar surface area (TPSA) is 106 Å². The van der Waals surface area contributed by atoms with Crippen molar-refractivity contribution >= 4 is 21.8 Å². The summed E-state index contributed by atoms with van der Waals surface area (Å²) in [6.45, 7) is 9.41. The zero-order valence-electron chi connectivity index (χ0n) is 19.1. The zero-order chi connectivity index (χ0) is 23.8. The van der Waals surface area contributed by atoms with Gasteiger partial charge in [-0.2, -0.15) is 4.31 Å². The summed E-state index contributed by atoms with van der Waals surface area (Å²) in [5, 5.41) is 10.1. The lowest BCUT2D eigenvalue weighted by atomic mass is 10.1. The number of hydrogen-bond acceptors (Lipinski definition) is 6. The molecule has 8 nitrogen and oxygen atoms in total. The molecule has 3 rings (SSSR count). The number of nitrogens with zero attached hydrogens (tertiary/aromatic N) is 2. The van der Waals surface area contributed by atoms with E-state index in [1.807, 2.05) is 32.3 Å². The molecule has 1 unspecified atom stereocenters. The molecule has 0 radical (unpaired) electrons. The molecule has 0 amide bonds. The van der Waals surface area contributed by atoms with Crippen molar-refractivity contribution in [2.45, 2.75) is 64.6 Å². The van der Waals surface area contributed by atoms with E-state index in [0.29, 0.717) is 5.56 Å². The Bertz CT molecular complexity index is 1150. The fourth-order valence-corrected chi connectivity index (χ4v) is 5.87. The van der Waals surface area contributed by atoms with Crippen LogP contribution in [0.3, 0.4) is 0 Å². The highest BCUT2D eigenvalue weighted by Crippen LogP contribution is 2.28. The van der Waals surface area contributed by atoms with E-state index in [4.69, 9.17) is 4.74 Å². The monoisotopic (exact) mass is 462 g/mol. The Morgan fingerprint density at radius 3 is 2.41 bits per heavy atom. The van der Waals surface area contributed by atoms with Crippen LogP contribution in [-0.4, -0.2) is 59.4 Å². The van der Waals surface area contributed by atoms with Crippen molar-refractivity contribution < 1.29 is 27.9 Å². The van der Waals surface area contributed by atoms with Crippen LogP contribution >= 0.6 is 0 Å². The number of aryl methyl sites for hydroxylation is 3. The minimum absolute atomic E-state index is 0.0515. The third kappa shape index (κ3) is 4.51. The van der Waals surface area contributed by atoms with Crippen LogP contribution in [0.15, 0.2) is 29.2 Å². The number of Topliss-reactive ketones (excluding diaryl/α,β-unsaturated/α-hetero) is 1. The molecule has 32 heavy (non-hydrogen) atoms.